The van der Waals surface area contributed by atoms with Crippen LogP contribution in [-0.4, -0.2) is 53.8 Å². The van der Waals surface area contributed by atoms with Crippen LogP contribution < -0.4 is 5.32 Å². The van der Waals surface area contributed by atoms with Gasteiger partial charge in [-0.15, -0.1) is 0 Å². The average molecular weight is 350 g/mol. The van der Waals surface area contributed by atoms with E-state index in [4.69, 9.17) is 11.6 Å². The van der Waals surface area contributed by atoms with Gasteiger partial charge < -0.3 is 10.2 Å². The van der Waals surface area contributed by atoms with E-state index in [-0.39, 0.29) is 17.9 Å². The SMILES string of the molecule is O=C(CN1CCCCC1)NC1CC(=O)N(Cc2ccccc2Cl)C1. The molecule has 0 spiro atoms. The fourth-order valence-corrected chi connectivity index (χ4v) is 3.64. The first-order chi connectivity index (χ1) is 11.6. The summed E-state index contributed by atoms with van der Waals surface area (Å²) in [7, 11) is 0. The molecular weight excluding hydrogens is 326 g/mol. The zero-order valence-electron chi connectivity index (χ0n) is 13.8. The minimum absolute atomic E-state index is 0.0225. The number of amides is 2. The number of benzene rings is 1. The van der Waals surface area contributed by atoms with Crippen LogP contribution in [0.15, 0.2) is 24.3 Å². The van der Waals surface area contributed by atoms with Gasteiger partial charge in [0, 0.05) is 24.5 Å². The van der Waals surface area contributed by atoms with Crippen LogP contribution in [0, 0.1) is 0 Å². The molecule has 1 unspecified atom stereocenters. The predicted molar refractivity (Wildman–Crippen MR) is 93.7 cm³/mol. The molecule has 1 aromatic carbocycles. The van der Waals surface area contributed by atoms with Crippen LogP contribution in [0.5, 0.6) is 0 Å². The molecule has 1 N–H and O–H groups in total. The quantitative estimate of drug-likeness (QED) is 0.885. The van der Waals surface area contributed by atoms with Gasteiger partial charge in [0.15, 0.2) is 0 Å². The van der Waals surface area contributed by atoms with E-state index in [1.807, 2.05) is 24.3 Å². The van der Waals surface area contributed by atoms with E-state index in [0.717, 1.165) is 18.7 Å². The first-order valence-corrected chi connectivity index (χ1v) is 9.02. The number of piperidine rings is 1. The molecule has 2 aliphatic rings. The zero-order chi connectivity index (χ0) is 16.9. The average Bonchev–Trinajstić information content (AvgIpc) is 2.90. The van der Waals surface area contributed by atoms with Gasteiger partial charge in [0.05, 0.1) is 12.6 Å². The first kappa shape index (κ1) is 17.2. The Kier molecular flexibility index (Phi) is 5.74. The van der Waals surface area contributed by atoms with Gasteiger partial charge in [-0.1, -0.05) is 36.2 Å². The lowest BCUT2D eigenvalue weighted by Gasteiger charge is -2.26. The number of nitrogens with one attached hydrogen (secondary N) is 1. The molecule has 2 saturated heterocycles. The van der Waals surface area contributed by atoms with Crippen molar-refractivity contribution in [2.24, 2.45) is 0 Å². The van der Waals surface area contributed by atoms with E-state index in [2.05, 4.69) is 10.2 Å². The zero-order valence-corrected chi connectivity index (χ0v) is 14.6. The molecule has 1 aromatic rings. The molecule has 6 heteroatoms. The van der Waals surface area contributed by atoms with Gasteiger partial charge in [0.2, 0.25) is 11.8 Å². The number of carbonyl (C=O) groups is 2. The van der Waals surface area contributed by atoms with Crippen molar-refractivity contribution in [3.8, 4) is 0 Å². The number of nitrogens with zero attached hydrogens (tertiary/aromatic N) is 2. The normalized spacial score (nSPS) is 22.0. The lowest BCUT2D eigenvalue weighted by molar-refractivity contribution is -0.128. The molecule has 2 fully saturated rings. The molecule has 5 nitrogen and oxygen atoms in total. The monoisotopic (exact) mass is 349 g/mol. The summed E-state index contributed by atoms with van der Waals surface area (Å²) < 4.78 is 0. The number of hydrogen-bond acceptors (Lipinski definition) is 3. The van der Waals surface area contributed by atoms with Crippen LogP contribution >= 0.6 is 11.6 Å². The predicted octanol–water partition coefficient (Wildman–Crippen LogP) is 2.04. The summed E-state index contributed by atoms with van der Waals surface area (Å²) in [5, 5.41) is 3.68. The Morgan fingerprint density at radius 3 is 2.71 bits per heavy atom. The molecule has 1 atom stereocenters. The largest absolute Gasteiger partial charge is 0.350 e. The second-order valence-corrected chi connectivity index (χ2v) is 7.08. The maximum absolute atomic E-state index is 12.2. The molecule has 2 aliphatic heterocycles. The van der Waals surface area contributed by atoms with Gasteiger partial charge in [-0.2, -0.15) is 0 Å². The highest BCUT2D eigenvalue weighted by Gasteiger charge is 2.31. The van der Waals surface area contributed by atoms with Crippen molar-refractivity contribution in [3.63, 3.8) is 0 Å². The Morgan fingerprint density at radius 1 is 1.21 bits per heavy atom. The maximum atomic E-state index is 12.2. The van der Waals surface area contributed by atoms with Crippen LogP contribution in [0.3, 0.4) is 0 Å². The van der Waals surface area contributed by atoms with Crippen LogP contribution in [0.25, 0.3) is 0 Å². The van der Waals surface area contributed by atoms with Crippen molar-refractivity contribution >= 4 is 23.4 Å². The smallest absolute Gasteiger partial charge is 0.234 e. The molecular formula is C18H24ClN3O2. The summed E-state index contributed by atoms with van der Waals surface area (Å²) in [5.74, 6) is 0.0903. The topological polar surface area (TPSA) is 52.7 Å². The molecule has 0 aromatic heterocycles. The van der Waals surface area contributed by atoms with Crippen LogP contribution in [-0.2, 0) is 16.1 Å². The Morgan fingerprint density at radius 2 is 1.96 bits per heavy atom. The van der Waals surface area contributed by atoms with E-state index in [1.165, 1.54) is 19.3 Å². The molecule has 24 heavy (non-hydrogen) atoms. The van der Waals surface area contributed by atoms with E-state index < -0.39 is 0 Å². The standard InChI is InChI=1S/C18H24ClN3O2/c19-16-7-3-2-6-14(16)11-22-12-15(10-18(22)24)20-17(23)13-21-8-4-1-5-9-21/h2-3,6-7,15H,1,4-5,8-13H2,(H,20,23). The van der Waals surface area contributed by atoms with Crippen molar-refractivity contribution in [1.82, 2.24) is 15.1 Å². The summed E-state index contributed by atoms with van der Waals surface area (Å²) in [6.07, 6.45) is 3.96. The van der Waals surface area contributed by atoms with Crippen molar-refractivity contribution in [2.45, 2.75) is 38.3 Å². The minimum Gasteiger partial charge on any atom is -0.350 e. The van der Waals surface area contributed by atoms with E-state index in [9.17, 15) is 9.59 Å². The number of hydrogen-bond donors (Lipinski definition) is 1. The summed E-state index contributed by atoms with van der Waals surface area (Å²) in [6, 6.07) is 7.45. The fourth-order valence-electron chi connectivity index (χ4n) is 3.45. The second kappa shape index (κ2) is 7.99. The van der Waals surface area contributed by atoms with E-state index in [0.29, 0.717) is 31.1 Å². The second-order valence-electron chi connectivity index (χ2n) is 6.67. The summed E-state index contributed by atoms with van der Waals surface area (Å²) in [6.45, 7) is 3.48. The Hall–Kier alpha value is -1.59. The Bertz CT molecular complexity index is 602. The number of halogens is 1. The van der Waals surface area contributed by atoms with Crippen molar-refractivity contribution in [1.29, 1.82) is 0 Å². The third kappa shape index (κ3) is 4.48. The third-order valence-corrected chi connectivity index (χ3v) is 5.08. The van der Waals surface area contributed by atoms with Crippen LogP contribution in [0.1, 0.15) is 31.2 Å². The minimum atomic E-state index is -0.0997. The molecule has 2 amide bonds. The molecule has 0 saturated carbocycles. The van der Waals surface area contributed by atoms with E-state index >= 15 is 0 Å². The van der Waals surface area contributed by atoms with Gasteiger partial charge in [-0.3, -0.25) is 14.5 Å². The fraction of sp³-hybridized carbons (Fsp3) is 0.556. The van der Waals surface area contributed by atoms with Crippen molar-refractivity contribution < 1.29 is 9.59 Å². The summed E-state index contributed by atoms with van der Waals surface area (Å²) >= 11 is 6.17. The van der Waals surface area contributed by atoms with Gasteiger partial charge in [-0.25, -0.2) is 0 Å². The van der Waals surface area contributed by atoms with Crippen LogP contribution in [0.2, 0.25) is 5.02 Å². The highest BCUT2D eigenvalue weighted by molar-refractivity contribution is 6.31. The van der Waals surface area contributed by atoms with Gasteiger partial charge in [0.25, 0.3) is 0 Å². The molecule has 130 valence electrons. The van der Waals surface area contributed by atoms with E-state index in [1.54, 1.807) is 4.90 Å². The molecule has 2 heterocycles. The van der Waals surface area contributed by atoms with Crippen LogP contribution in [0.4, 0.5) is 0 Å². The number of likely N-dealkylation sites (tertiary alicyclic amines) is 2. The molecule has 0 aliphatic carbocycles. The number of rotatable bonds is 5. The van der Waals surface area contributed by atoms with Gasteiger partial charge in [0.1, 0.15) is 0 Å². The Balaban J connectivity index is 1.49. The van der Waals surface area contributed by atoms with Gasteiger partial charge >= 0.3 is 0 Å². The Labute approximate surface area is 147 Å². The summed E-state index contributed by atoms with van der Waals surface area (Å²) in [4.78, 5) is 28.3. The van der Waals surface area contributed by atoms with Crippen molar-refractivity contribution in [2.75, 3.05) is 26.2 Å². The third-order valence-electron chi connectivity index (χ3n) is 4.71. The lowest BCUT2D eigenvalue weighted by Crippen LogP contribution is -2.44. The molecule has 3 rings (SSSR count). The lowest BCUT2D eigenvalue weighted by atomic mass is 10.1. The highest BCUT2D eigenvalue weighted by Crippen LogP contribution is 2.20. The summed E-state index contributed by atoms with van der Waals surface area (Å²) in [5.41, 5.74) is 0.938. The van der Waals surface area contributed by atoms with Gasteiger partial charge in [-0.05, 0) is 37.6 Å². The maximum Gasteiger partial charge on any atom is 0.234 e. The van der Waals surface area contributed by atoms with Crippen molar-refractivity contribution in [3.05, 3.63) is 34.9 Å². The molecule has 0 bridgehead atoms. The number of carbonyl (C=O) groups excluding carboxylic acids is 2. The highest BCUT2D eigenvalue weighted by atomic mass is 35.5. The first-order valence-electron chi connectivity index (χ1n) is 8.65. The molecule has 0 radical (unpaired) electrons.